The molecule has 2 heterocycles. The fourth-order valence-electron chi connectivity index (χ4n) is 2.26. The molecular weight excluding hydrogens is 234 g/mol. The fourth-order valence-corrected chi connectivity index (χ4v) is 2.26. The molecule has 0 N–H and O–H groups in total. The zero-order valence-electron chi connectivity index (χ0n) is 10.4. The summed E-state index contributed by atoms with van der Waals surface area (Å²) in [7, 11) is 1.37. The van der Waals surface area contributed by atoms with Gasteiger partial charge in [0, 0.05) is 25.0 Å². The van der Waals surface area contributed by atoms with Gasteiger partial charge in [-0.2, -0.15) is 0 Å². The second-order valence-corrected chi connectivity index (χ2v) is 4.38. The van der Waals surface area contributed by atoms with Crippen molar-refractivity contribution in [2.45, 2.75) is 31.7 Å². The van der Waals surface area contributed by atoms with Crippen LogP contribution in [-0.4, -0.2) is 46.1 Å². The lowest BCUT2D eigenvalue weighted by Crippen LogP contribution is -2.46. The van der Waals surface area contributed by atoms with Gasteiger partial charge in [0.05, 0.1) is 13.5 Å². The molecule has 0 radical (unpaired) electrons. The Morgan fingerprint density at radius 3 is 2.94 bits per heavy atom. The van der Waals surface area contributed by atoms with E-state index in [2.05, 4.69) is 9.72 Å². The maximum absolute atomic E-state index is 12.2. The highest BCUT2D eigenvalue weighted by molar-refractivity contribution is 5.78. The molecule has 1 amide bonds. The van der Waals surface area contributed by atoms with Gasteiger partial charge in [-0.3, -0.25) is 9.36 Å². The quantitative estimate of drug-likeness (QED) is 0.742. The second kappa shape index (κ2) is 5.66. The molecule has 0 aromatic carbocycles. The third kappa shape index (κ3) is 2.69. The molecule has 1 saturated heterocycles. The number of likely N-dealkylation sites (tertiary alicyclic amines) is 1. The Kier molecular flexibility index (Phi) is 3.96. The van der Waals surface area contributed by atoms with Gasteiger partial charge in [-0.25, -0.2) is 9.78 Å². The molecule has 18 heavy (non-hydrogen) atoms. The number of piperidine rings is 1. The summed E-state index contributed by atoms with van der Waals surface area (Å²) in [5.74, 6) is -0.273. The lowest BCUT2D eigenvalue weighted by Gasteiger charge is -2.34. The van der Waals surface area contributed by atoms with Crippen molar-refractivity contribution < 1.29 is 14.3 Å². The van der Waals surface area contributed by atoms with Crippen molar-refractivity contribution in [2.24, 2.45) is 0 Å². The van der Waals surface area contributed by atoms with Crippen molar-refractivity contribution in [1.29, 1.82) is 0 Å². The normalized spacial score (nSPS) is 19.6. The van der Waals surface area contributed by atoms with Crippen LogP contribution in [0.2, 0.25) is 0 Å². The van der Waals surface area contributed by atoms with E-state index in [1.54, 1.807) is 17.3 Å². The molecule has 0 aliphatic carbocycles. The molecule has 1 fully saturated rings. The molecule has 0 bridgehead atoms. The lowest BCUT2D eigenvalue weighted by atomic mass is 10.00. The van der Waals surface area contributed by atoms with Crippen molar-refractivity contribution >= 4 is 12.0 Å². The van der Waals surface area contributed by atoms with Crippen molar-refractivity contribution in [3.05, 3.63) is 18.7 Å². The van der Waals surface area contributed by atoms with Gasteiger partial charge in [0.15, 0.2) is 0 Å². The second-order valence-electron chi connectivity index (χ2n) is 4.38. The Hall–Kier alpha value is -1.85. The zero-order valence-corrected chi connectivity index (χ0v) is 10.4. The summed E-state index contributed by atoms with van der Waals surface area (Å²) in [6.07, 6.45) is 7.77. The molecule has 1 atom stereocenters. The number of ether oxygens (including phenoxy) is 1. The van der Waals surface area contributed by atoms with E-state index in [0.29, 0.717) is 6.54 Å². The van der Waals surface area contributed by atoms with Crippen molar-refractivity contribution in [3.8, 4) is 0 Å². The molecule has 1 aliphatic heterocycles. The van der Waals surface area contributed by atoms with Crippen LogP contribution in [0, 0.1) is 0 Å². The number of amides is 1. The van der Waals surface area contributed by atoms with E-state index >= 15 is 0 Å². The van der Waals surface area contributed by atoms with Crippen LogP contribution in [0.5, 0.6) is 0 Å². The summed E-state index contributed by atoms with van der Waals surface area (Å²) in [5, 5.41) is 0. The Bertz CT molecular complexity index is 416. The molecule has 6 nitrogen and oxygen atoms in total. The standard InChI is InChI=1S/C12H17N3O3/c1-18-11(16)8-10-4-2-3-6-15(10)12(17)14-7-5-13-9-14/h5,7,9-10H,2-4,6,8H2,1H3. The van der Waals surface area contributed by atoms with Gasteiger partial charge in [-0.15, -0.1) is 0 Å². The maximum atomic E-state index is 12.2. The SMILES string of the molecule is COC(=O)CC1CCCCN1C(=O)n1ccnc1. The van der Waals surface area contributed by atoms with E-state index in [1.165, 1.54) is 18.0 Å². The largest absolute Gasteiger partial charge is 0.469 e. The first kappa shape index (κ1) is 12.6. The molecule has 1 aromatic heterocycles. The molecule has 0 spiro atoms. The number of hydrogen-bond donors (Lipinski definition) is 0. The average molecular weight is 251 g/mol. The number of esters is 1. The Morgan fingerprint density at radius 2 is 2.28 bits per heavy atom. The number of methoxy groups -OCH3 is 1. The molecule has 0 saturated carbocycles. The highest BCUT2D eigenvalue weighted by Gasteiger charge is 2.29. The highest BCUT2D eigenvalue weighted by atomic mass is 16.5. The predicted octanol–water partition coefficient (Wildman–Crippen LogP) is 1.27. The lowest BCUT2D eigenvalue weighted by molar-refractivity contribution is -0.142. The number of aromatic nitrogens is 2. The van der Waals surface area contributed by atoms with E-state index in [9.17, 15) is 9.59 Å². The zero-order chi connectivity index (χ0) is 13.0. The fraction of sp³-hybridized carbons (Fsp3) is 0.583. The minimum Gasteiger partial charge on any atom is -0.469 e. The number of rotatable bonds is 2. The van der Waals surface area contributed by atoms with E-state index < -0.39 is 0 Å². The van der Waals surface area contributed by atoms with Gasteiger partial charge in [0.2, 0.25) is 0 Å². The molecule has 1 unspecified atom stereocenters. The van der Waals surface area contributed by atoms with Crippen LogP contribution >= 0.6 is 0 Å². The van der Waals surface area contributed by atoms with Gasteiger partial charge < -0.3 is 9.64 Å². The van der Waals surface area contributed by atoms with Gasteiger partial charge in [-0.05, 0) is 19.3 Å². The highest BCUT2D eigenvalue weighted by Crippen LogP contribution is 2.21. The molecule has 98 valence electrons. The summed E-state index contributed by atoms with van der Waals surface area (Å²) in [4.78, 5) is 29.2. The number of imidazole rings is 1. The van der Waals surface area contributed by atoms with Crippen LogP contribution in [0.15, 0.2) is 18.7 Å². The Morgan fingerprint density at radius 1 is 1.44 bits per heavy atom. The van der Waals surface area contributed by atoms with Crippen molar-refractivity contribution in [2.75, 3.05) is 13.7 Å². The van der Waals surface area contributed by atoms with Gasteiger partial charge in [-0.1, -0.05) is 0 Å². The van der Waals surface area contributed by atoms with Crippen LogP contribution < -0.4 is 0 Å². The minimum atomic E-state index is -0.273. The first-order chi connectivity index (χ1) is 8.72. The Balaban J connectivity index is 2.08. The smallest absolute Gasteiger partial charge is 0.329 e. The van der Waals surface area contributed by atoms with Gasteiger partial charge >= 0.3 is 12.0 Å². The molecule has 6 heteroatoms. The average Bonchev–Trinajstić information content (AvgIpc) is 2.92. The molecule has 1 aromatic rings. The monoisotopic (exact) mass is 251 g/mol. The topological polar surface area (TPSA) is 64.4 Å². The summed E-state index contributed by atoms with van der Waals surface area (Å²) in [5.41, 5.74) is 0. The number of nitrogens with zero attached hydrogens (tertiary/aromatic N) is 3. The van der Waals surface area contributed by atoms with Crippen LogP contribution in [0.4, 0.5) is 4.79 Å². The first-order valence-electron chi connectivity index (χ1n) is 6.08. The third-order valence-electron chi connectivity index (χ3n) is 3.23. The minimum absolute atomic E-state index is 0.0684. The third-order valence-corrected chi connectivity index (χ3v) is 3.23. The molecule has 2 rings (SSSR count). The van der Waals surface area contributed by atoms with Crippen molar-refractivity contribution in [1.82, 2.24) is 14.5 Å². The molecular formula is C12H17N3O3. The van der Waals surface area contributed by atoms with E-state index in [0.717, 1.165) is 19.3 Å². The van der Waals surface area contributed by atoms with Crippen LogP contribution in [0.3, 0.4) is 0 Å². The van der Waals surface area contributed by atoms with Crippen LogP contribution in [0.25, 0.3) is 0 Å². The maximum Gasteiger partial charge on any atom is 0.329 e. The van der Waals surface area contributed by atoms with E-state index in [1.807, 2.05) is 0 Å². The predicted molar refractivity (Wildman–Crippen MR) is 64.0 cm³/mol. The molecule has 1 aliphatic rings. The first-order valence-corrected chi connectivity index (χ1v) is 6.08. The van der Waals surface area contributed by atoms with Gasteiger partial charge in [0.1, 0.15) is 6.33 Å². The summed E-state index contributed by atoms with van der Waals surface area (Å²) >= 11 is 0. The number of hydrogen-bond acceptors (Lipinski definition) is 4. The van der Waals surface area contributed by atoms with Crippen LogP contribution in [-0.2, 0) is 9.53 Å². The van der Waals surface area contributed by atoms with E-state index in [4.69, 9.17) is 0 Å². The van der Waals surface area contributed by atoms with Crippen LogP contribution in [0.1, 0.15) is 25.7 Å². The number of carbonyl (C=O) groups is 2. The summed E-state index contributed by atoms with van der Waals surface area (Å²) < 4.78 is 6.12. The van der Waals surface area contributed by atoms with Crippen molar-refractivity contribution in [3.63, 3.8) is 0 Å². The Labute approximate surface area is 106 Å². The van der Waals surface area contributed by atoms with Gasteiger partial charge in [0.25, 0.3) is 0 Å². The summed E-state index contributed by atoms with van der Waals surface area (Å²) in [6, 6.07) is -0.192. The summed E-state index contributed by atoms with van der Waals surface area (Å²) in [6.45, 7) is 0.679. The number of carbonyl (C=O) groups excluding carboxylic acids is 2. The van der Waals surface area contributed by atoms with E-state index in [-0.39, 0.29) is 24.5 Å².